The Balaban J connectivity index is 2.06. The smallest absolute Gasteiger partial charge is 0.419 e. The van der Waals surface area contributed by atoms with Gasteiger partial charge in [0.1, 0.15) is 17.3 Å². The zero-order valence-corrected chi connectivity index (χ0v) is 16.8. The Morgan fingerprint density at radius 1 is 1.23 bits per heavy atom. The lowest BCUT2D eigenvalue weighted by molar-refractivity contribution is -0.138. The number of rotatable bonds is 8. The van der Waals surface area contributed by atoms with Crippen molar-refractivity contribution < 1.29 is 17.9 Å². The topological polar surface area (TPSA) is 75.8 Å². The number of aryl methyl sites for hydroxylation is 1. The molecule has 0 bridgehead atoms. The summed E-state index contributed by atoms with van der Waals surface area (Å²) >= 11 is 0. The predicted molar refractivity (Wildman–Crippen MR) is 107 cm³/mol. The maximum atomic E-state index is 13.5. The van der Waals surface area contributed by atoms with Gasteiger partial charge in [0.2, 0.25) is 0 Å². The maximum absolute atomic E-state index is 13.5. The van der Waals surface area contributed by atoms with Crippen molar-refractivity contribution in [2.24, 2.45) is 0 Å². The Morgan fingerprint density at radius 2 is 2.03 bits per heavy atom. The molecule has 158 valence electrons. The van der Waals surface area contributed by atoms with Crippen LogP contribution in [-0.4, -0.2) is 34.2 Å². The van der Waals surface area contributed by atoms with Crippen LogP contribution in [0.2, 0.25) is 0 Å². The molecule has 2 heterocycles. The summed E-state index contributed by atoms with van der Waals surface area (Å²) in [7, 11) is 0. The van der Waals surface area contributed by atoms with Gasteiger partial charge in [0.05, 0.1) is 29.7 Å². The van der Waals surface area contributed by atoms with Crippen LogP contribution in [0, 0.1) is 11.3 Å². The van der Waals surface area contributed by atoms with Crippen LogP contribution in [-0.2, 0) is 12.7 Å². The number of fused-ring (bicyclic) bond motifs is 1. The van der Waals surface area contributed by atoms with E-state index in [4.69, 9.17) is 4.74 Å². The summed E-state index contributed by atoms with van der Waals surface area (Å²) < 4.78 is 47.5. The molecule has 0 amide bonds. The third-order valence-corrected chi connectivity index (χ3v) is 4.60. The fourth-order valence-corrected chi connectivity index (χ4v) is 3.21. The molecule has 1 aromatic carbocycles. The minimum Gasteiger partial charge on any atom is -0.493 e. The summed E-state index contributed by atoms with van der Waals surface area (Å²) in [5.41, 5.74) is 0.838. The van der Waals surface area contributed by atoms with E-state index in [0.29, 0.717) is 17.6 Å². The van der Waals surface area contributed by atoms with Crippen molar-refractivity contribution in [1.82, 2.24) is 19.9 Å². The van der Waals surface area contributed by atoms with E-state index >= 15 is 0 Å². The molecule has 0 aliphatic carbocycles. The molecule has 3 aromatic rings. The van der Waals surface area contributed by atoms with Gasteiger partial charge in [-0.3, -0.25) is 0 Å². The summed E-state index contributed by atoms with van der Waals surface area (Å²) in [5, 5.41) is 12.7. The minimum absolute atomic E-state index is 0.0791. The molecular formula is C21H22F3N5O. The van der Waals surface area contributed by atoms with Crippen molar-refractivity contribution >= 4 is 11.0 Å². The third kappa shape index (κ3) is 4.54. The zero-order valence-electron chi connectivity index (χ0n) is 16.8. The van der Waals surface area contributed by atoms with Crippen LogP contribution >= 0.6 is 0 Å². The zero-order chi connectivity index (χ0) is 21.7. The number of nitrogens with zero attached hydrogens (tertiary/aromatic N) is 4. The van der Waals surface area contributed by atoms with E-state index in [-0.39, 0.29) is 29.3 Å². The molecule has 0 saturated carbocycles. The molecule has 3 rings (SSSR count). The molecular weight excluding hydrogens is 395 g/mol. The summed E-state index contributed by atoms with van der Waals surface area (Å²) in [6, 6.07) is 7.48. The number of imidazole rings is 1. The van der Waals surface area contributed by atoms with Gasteiger partial charge in [-0.15, -0.1) is 0 Å². The van der Waals surface area contributed by atoms with Gasteiger partial charge in [-0.2, -0.15) is 18.4 Å². The molecule has 0 aliphatic heterocycles. The molecule has 0 unspecified atom stereocenters. The lowest BCUT2D eigenvalue weighted by Crippen LogP contribution is -2.15. The average molecular weight is 417 g/mol. The van der Waals surface area contributed by atoms with Crippen LogP contribution in [0.25, 0.3) is 22.3 Å². The van der Waals surface area contributed by atoms with E-state index in [1.165, 1.54) is 12.1 Å². The largest absolute Gasteiger partial charge is 0.493 e. The van der Waals surface area contributed by atoms with E-state index in [1.807, 2.05) is 17.6 Å². The molecule has 0 atom stereocenters. The monoisotopic (exact) mass is 417 g/mol. The van der Waals surface area contributed by atoms with Crippen molar-refractivity contribution in [1.29, 1.82) is 5.26 Å². The standard InChI is InChI=1S/C21H22F3N5O/c1-3-26-8-5-9-29-13-27-20-17(12-25)28-16(11-18(20)29)14-6-7-19(30-4-2)15(10-14)21(22,23)24/h6-7,10-11,13,26H,3-5,8-9H2,1-2H3. The highest BCUT2D eigenvalue weighted by molar-refractivity contribution is 5.84. The quantitative estimate of drug-likeness (QED) is 0.550. The lowest BCUT2D eigenvalue weighted by atomic mass is 10.1. The Hall–Kier alpha value is -3.12. The van der Waals surface area contributed by atoms with Gasteiger partial charge < -0.3 is 14.6 Å². The molecule has 0 radical (unpaired) electrons. The van der Waals surface area contributed by atoms with Crippen molar-refractivity contribution in [3.63, 3.8) is 0 Å². The first-order valence-corrected chi connectivity index (χ1v) is 9.70. The van der Waals surface area contributed by atoms with Crippen molar-refractivity contribution in [2.45, 2.75) is 33.0 Å². The number of hydrogen-bond acceptors (Lipinski definition) is 5. The average Bonchev–Trinajstić information content (AvgIpc) is 3.13. The van der Waals surface area contributed by atoms with E-state index in [9.17, 15) is 18.4 Å². The highest BCUT2D eigenvalue weighted by atomic mass is 19.4. The number of nitrogens with one attached hydrogen (secondary N) is 1. The first-order valence-electron chi connectivity index (χ1n) is 9.70. The Morgan fingerprint density at radius 3 is 2.70 bits per heavy atom. The summed E-state index contributed by atoms with van der Waals surface area (Å²) in [6.07, 6.45) is -2.10. The fraction of sp³-hybridized carbons (Fsp3) is 0.381. The van der Waals surface area contributed by atoms with Gasteiger partial charge in [0.15, 0.2) is 5.69 Å². The van der Waals surface area contributed by atoms with Gasteiger partial charge in [-0.1, -0.05) is 6.92 Å². The Labute approximate surface area is 172 Å². The number of ether oxygens (including phenoxy) is 1. The van der Waals surface area contributed by atoms with Crippen LogP contribution < -0.4 is 10.1 Å². The molecule has 1 N–H and O–H groups in total. The molecule has 2 aromatic heterocycles. The van der Waals surface area contributed by atoms with E-state index < -0.39 is 11.7 Å². The van der Waals surface area contributed by atoms with E-state index in [0.717, 1.165) is 25.6 Å². The molecule has 30 heavy (non-hydrogen) atoms. The summed E-state index contributed by atoms with van der Waals surface area (Å²) in [5.74, 6) is -0.233. The highest BCUT2D eigenvalue weighted by Crippen LogP contribution is 2.39. The summed E-state index contributed by atoms with van der Waals surface area (Å²) in [6.45, 7) is 6.13. The predicted octanol–water partition coefficient (Wildman–Crippen LogP) is 4.39. The second-order valence-electron chi connectivity index (χ2n) is 6.62. The highest BCUT2D eigenvalue weighted by Gasteiger charge is 2.35. The fourth-order valence-electron chi connectivity index (χ4n) is 3.21. The van der Waals surface area contributed by atoms with Crippen molar-refractivity contribution in [3.05, 3.63) is 41.9 Å². The Kier molecular flexibility index (Phi) is 6.57. The number of pyridine rings is 1. The van der Waals surface area contributed by atoms with Crippen molar-refractivity contribution in [3.8, 4) is 23.1 Å². The van der Waals surface area contributed by atoms with Gasteiger partial charge >= 0.3 is 6.18 Å². The van der Waals surface area contributed by atoms with Gasteiger partial charge in [-0.25, -0.2) is 9.97 Å². The molecule has 0 spiro atoms. The number of halogens is 3. The normalized spacial score (nSPS) is 11.6. The third-order valence-electron chi connectivity index (χ3n) is 4.60. The van der Waals surface area contributed by atoms with Crippen LogP contribution in [0.15, 0.2) is 30.6 Å². The minimum atomic E-state index is -4.57. The first-order chi connectivity index (χ1) is 14.4. The summed E-state index contributed by atoms with van der Waals surface area (Å²) in [4.78, 5) is 8.53. The van der Waals surface area contributed by atoms with Gasteiger partial charge in [0.25, 0.3) is 0 Å². The number of alkyl halides is 3. The number of benzene rings is 1. The number of nitriles is 1. The molecule has 0 aliphatic rings. The van der Waals surface area contributed by atoms with Gasteiger partial charge in [0, 0.05) is 12.1 Å². The van der Waals surface area contributed by atoms with Crippen LogP contribution in [0.5, 0.6) is 5.75 Å². The van der Waals surface area contributed by atoms with E-state index in [2.05, 4.69) is 15.3 Å². The lowest BCUT2D eigenvalue weighted by Gasteiger charge is -2.15. The van der Waals surface area contributed by atoms with Gasteiger partial charge in [-0.05, 0) is 50.7 Å². The molecule has 9 heteroatoms. The Bertz CT molecular complexity index is 1070. The van der Waals surface area contributed by atoms with E-state index in [1.54, 1.807) is 19.3 Å². The van der Waals surface area contributed by atoms with Crippen LogP contribution in [0.4, 0.5) is 13.2 Å². The number of aromatic nitrogens is 3. The van der Waals surface area contributed by atoms with Crippen LogP contribution in [0.3, 0.4) is 0 Å². The SMILES string of the molecule is CCNCCCn1cnc2c(C#N)nc(-c3ccc(OCC)c(C(F)(F)F)c3)cc21. The first kappa shape index (κ1) is 21.6. The molecule has 0 fully saturated rings. The molecule has 0 saturated heterocycles. The second-order valence-corrected chi connectivity index (χ2v) is 6.62. The maximum Gasteiger partial charge on any atom is 0.419 e. The van der Waals surface area contributed by atoms with Crippen LogP contribution in [0.1, 0.15) is 31.5 Å². The molecule has 6 nitrogen and oxygen atoms in total. The number of hydrogen-bond donors (Lipinski definition) is 1. The second kappa shape index (κ2) is 9.13. The van der Waals surface area contributed by atoms with Crippen molar-refractivity contribution in [2.75, 3.05) is 19.7 Å².